The van der Waals surface area contributed by atoms with Gasteiger partial charge in [0.2, 0.25) is 0 Å². The molecular weight excluding hydrogens is 156 g/mol. The molecule has 2 rings (SSSR count). The van der Waals surface area contributed by atoms with Gasteiger partial charge in [-0.15, -0.1) is 0 Å². The van der Waals surface area contributed by atoms with Gasteiger partial charge in [-0.05, 0) is 0 Å². The van der Waals surface area contributed by atoms with Crippen LogP contribution in [0.4, 0.5) is 0 Å². The molecule has 0 bridgehead atoms. The molecule has 0 aromatic rings. The van der Waals surface area contributed by atoms with Gasteiger partial charge in [-0.3, -0.25) is 10.4 Å². The molecule has 0 unspecified atom stereocenters. The predicted molar refractivity (Wildman–Crippen MR) is 44.2 cm³/mol. The van der Waals surface area contributed by atoms with Gasteiger partial charge in [-0.2, -0.15) is 0 Å². The molecule has 0 saturated carbocycles. The molecule has 0 aromatic heterocycles. The Morgan fingerprint density at radius 3 is 3.00 bits per heavy atom. The van der Waals surface area contributed by atoms with Crippen LogP contribution in [-0.2, 0) is 0 Å². The summed E-state index contributed by atoms with van der Waals surface area (Å²) in [7, 11) is 0. The third-order valence-electron chi connectivity index (χ3n) is 1.74. The van der Waals surface area contributed by atoms with E-state index in [0.29, 0.717) is 12.4 Å². The number of nitrogens with one attached hydrogen (secondary N) is 4. The average Bonchev–Trinajstić information content (AvgIpc) is 2.12. The SMILES string of the molecule is N=C1C2=C(NC=CN2)NCN1N. The molecule has 12 heavy (non-hydrogen) atoms. The number of amidine groups is 1. The molecule has 6 N–H and O–H groups in total. The van der Waals surface area contributed by atoms with Crippen molar-refractivity contribution in [2.24, 2.45) is 5.84 Å². The van der Waals surface area contributed by atoms with Gasteiger partial charge >= 0.3 is 0 Å². The highest BCUT2D eigenvalue weighted by molar-refractivity contribution is 5.96. The minimum atomic E-state index is 0.278. The summed E-state index contributed by atoms with van der Waals surface area (Å²) in [4.78, 5) is 0. The Morgan fingerprint density at radius 1 is 1.42 bits per heavy atom. The maximum absolute atomic E-state index is 7.59. The first-order valence-corrected chi connectivity index (χ1v) is 3.56. The van der Waals surface area contributed by atoms with E-state index in [0.717, 1.165) is 5.82 Å². The molecule has 6 heteroatoms. The summed E-state index contributed by atoms with van der Waals surface area (Å²) in [5, 5.41) is 17.8. The Hall–Kier alpha value is -1.69. The normalized spacial score (nSPS) is 21.1. The van der Waals surface area contributed by atoms with Crippen LogP contribution in [0.25, 0.3) is 0 Å². The van der Waals surface area contributed by atoms with Crippen molar-refractivity contribution in [3.8, 4) is 0 Å². The molecule has 2 heterocycles. The summed E-state index contributed by atoms with van der Waals surface area (Å²) in [5.74, 6) is 6.58. The van der Waals surface area contributed by atoms with Gasteiger partial charge in [0.25, 0.3) is 0 Å². The molecule has 0 amide bonds. The summed E-state index contributed by atoms with van der Waals surface area (Å²) < 4.78 is 0. The molecule has 2 aliphatic heterocycles. The second-order valence-corrected chi connectivity index (χ2v) is 2.53. The molecule has 0 aliphatic carbocycles. The van der Waals surface area contributed by atoms with Gasteiger partial charge in [0.05, 0.1) is 0 Å². The van der Waals surface area contributed by atoms with E-state index in [2.05, 4.69) is 16.0 Å². The van der Waals surface area contributed by atoms with Crippen LogP contribution in [0, 0.1) is 5.41 Å². The van der Waals surface area contributed by atoms with E-state index in [1.807, 2.05) is 0 Å². The highest BCUT2D eigenvalue weighted by atomic mass is 15.5. The Balaban J connectivity index is 2.29. The second kappa shape index (κ2) is 2.42. The van der Waals surface area contributed by atoms with Crippen molar-refractivity contribution < 1.29 is 0 Å². The highest BCUT2D eigenvalue weighted by Gasteiger charge is 2.21. The minimum Gasteiger partial charge on any atom is -0.354 e. The van der Waals surface area contributed by atoms with Crippen LogP contribution in [-0.4, -0.2) is 17.5 Å². The summed E-state index contributed by atoms with van der Waals surface area (Å²) in [6.45, 7) is 0.445. The van der Waals surface area contributed by atoms with Gasteiger partial charge < -0.3 is 16.0 Å². The zero-order chi connectivity index (χ0) is 8.55. The molecule has 0 aromatic carbocycles. The topological polar surface area (TPSA) is 89.2 Å². The van der Waals surface area contributed by atoms with Crippen LogP contribution in [0.3, 0.4) is 0 Å². The van der Waals surface area contributed by atoms with Crippen molar-refractivity contribution in [3.63, 3.8) is 0 Å². The monoisotopic (exact) mass is 166 g/mol. The van der Waals surface area contributed by atoms with Crippen molar-refractivity contribution >= 4 is 5.84 Å². The molecule has 0 spiro atoms. The third kappa shape index (κ3) is 0.892. The molecule has 2 aliphatic rings. The van der Waals surface area contributed by atoms with Crippen LogP contribution in [0.2, 0.25) is 0 Å². The maximum Gasteiger partial charge on any atom is 0.164 e. The predicted octanol–water partition coefficient (Wildman–Crippen LogP) is -1.47. The summed E-state index contributed by atoms with van der Waals surface area (Å²) in [6, 6.07) is 0. The Morgan fingerprint density at radius 2 is 2.17 bits per heavy atom. The lowest BCUT2D eigenvalue weighted by atomic mass is 10.3. The van der Waals surface area contributed by atoms with Crippen LogP contribution >= 0.6 is 0 Å². The number of nitrogens with two attached hydrogens (primary N) is 1. The van der Waals surface area contributed by atoms with Crippen molar-refractivity contribution in [1.29, 1.82) is 5.41 Å². The fraction of sp³-hybridized carbons (Fsp3) is 0.167. The van der Waals surface area contributed by atoms with Gasteiger partial charge in [0.15, 0.2) is 5.84 Å². The van der Waals surface area contributed by atoms with Crippen molar-refractivity contribution in [1.82, 2.24) is 21.0 Å². The van der Waals surface area contributed by atoms with E-state index < -0.39 is 0 Å². The molecular formula is C6H10N6. The quantitative estimate of drug-likeness (QED) is 0.284. The lowest BCUT2D eigenvalue weighted by molar-refractivity contribution is 0.388. The summed E-state index contributed by atoms with van der Waals surface area (Å²) in [6.07, 6.45) is 3.47. The second-order valence-electron chi connectivity index (χ2n) is 2.53. The first-order valence-electron chi connectivity index (χ1n) is 3.56. The molecule has 6 nitrogen and oxygen atoms in total. The molecule has 0 fully saturated rings. The summed E-state index contributed by atoms with van der Waals surface area (Å²) >= 11 is 0. The number of rotatable bonds is 0. The van der Waals surface area contributed by atoms with E-state index in [1.165, 1.54) is 5.01 Å². The van der Waals surface area contributed by atoms with Gasteiger partial charge in [0.1, 0.15) is 18.2 Å². The van der Waals surface area contributed by atoms with Crippen LogP contribution in [0.5, 0.6) is 0 Å². The smallest absolute Gasteiger partial charge is 0.164 e. The van der Waals surface area contributed by atoms with Crippen molar-refractivity contribution in [2.75, 3.05) is 6.67 Å². The highest BCUT2D eigenvalue weighted by Crippen LogP contribution is 2.06. The summed E-state index contributed by atoms with van der Waals surface area (Å²) in [5.41, 5.74) is 0.672. The van der Waals surface area contributed by atoms with Crippen LogP contribution in [0.15, 0.2) is 23.9 Å². The largest absolute Gasteiger partial charge is 0.354 e. The maximum atomic E-state index is 7.59. The van der Waals surface area contributed by atoms with E-state index >= 15 is 0 Å². The standard InChI is InChI=1S/C6H10N6/c7-5-4-6(10-2-1-9-4)11-3-12(5)8/h1-2,7,9-11H,3,8H2. The third-order valence-corrected chi connectivity index (χ3v) is 1.74. The Kier molecular flexibility index (Phi) is 1.41. The lowest BCUT2D eigenvalue weighted by Gasteiger charge is -2.31. The van der Waals surface area contributed by atoms with E-state index in [9.17, 15) is 0 Å². The molecule has 0 atom stereocenters. The first kappa shape index (κ1) is 6.99. The molecule has 64 valence electrons. The molecule has 0 radical (unpaired) electrons. The van der Waals surface area contributed by atoms with E-state index in [1.54, 1.807) is 12.4 Å². The Bertz CT molecular complexity index is 278. The fourth-order valence-corrected chi connectivity index (χ4v) is 1.11. The van der Waals surface area contributed by atoms with Crippen molar-refractivity contribution in [2.45, 2.75) is 0 Å². The zero-order valence-electron chi connectivity index (χ0n) is 6.39. The lowest BCUT2D eigenvalue weighted by Crippen LogP contribution is -2.53. The van der Waals surface area contributed by atoms with Gasteiger partial charge in [-0.25, -0.2) is 5.84 Å². The number of hydrazine groups is 1. The van der Waals surface area contributed by atoms with Crippen LogP contribution < -0.4 is 21.8 Å². The van der Waals surface area contributed by atoms with E-state index in [4.69, 9.17) is 11.3 Å². The number of nitrogens with zero attached hydrogens (tertiary/aromatic N) is 1. The van der Waals surface area contributed by atoms with Crippen molar-refractivity contribution in [3.05, 3.63) is 23.9 Å². The average molecular weight is 166 g/mol. The fourth-order valence-electron chi connectivity index (χ4n) is 1.11. The number of hydrogen-bond donors (Lipinski definition) is 5. The van der Waals surface area contributed by atoms with E-state index in [-0.39, 0.29) is 5.84 Å². The Labute approximate surface area is 69.6 Å². The molecule has 0 saturated heterocycles. The number of hydrogen-bond acceptors (Lipinski definition) is 5. The zero-order valence-corrected chi connectivity index (χ0v) is 6.39. The minimum absolute atomic E-state index is 0.278. The van der Waals surface area contributed by atoms with Gasteiger partial charge in [0, 0.05) is 12.4 Å². The first-order chi connectivity index (χ1) is 5.79. The van der Waals surface area contributed by atoms with Gasteiger partial charge in [-0.1, -0.05) is 0 Å². The van der Waals surface area contributed by atoms with Crippen LogP contribution in [0.1, 0.15) is 0 Å².